The summed E-state index contributed by atoms with van der Waals surface area (Å²) in [7, 11) is -3.90. The van der Waals surface area contributed by atoms with Gasteiger partial charge in [-0.15, -0.1) is 0 Å². The molecule has 130 valence electrons. The average molecular weight is 365 g/mol. The van der Waals surface area contributed by atoms with E-state index in [1.807, 2.05) is 0 Å². The number of benzene rings is 1. The predicted molar refractivity (Wildman–Crippen MR) is 97.1 cm³/mol. The number of aliphatic hydroxyl groups excluding tert-OH is 1. The molecule has 0 amide bonds. The molecule has 1 N–H and O–H groups in total. The minimum atomic E-state index is -3.90. The SMILES string of the molecule is O=S(=O)(c1ccccc1)n1c([C@H](O)c2ccncc2)cc2ccncc21. The summed E-state index contributed by atoms with van der Waals surface area (Å²) in [5, 5.41) is 11.5. The van der Waals surface area contributed by atoms with Crippen LogP contribution in [0.5, 0.6) is 0 Å². The van der Waals surface area contributed by atoms with Gasteiger partial charge in [0.15, 0.2) is 0 Å². The summed E-state index contributed by atoms with van der Waals surface area (Å²) >= 11 is 0. The molecule has 3 aromatic heterocycles. The number of pyridine rings is 2. The lowest BCUT2D eigenvalue weighted by molar-refractivity contribution is 0.214. The van der Waals surface area contributed by atoms with Crippen LogP contribution >= 0.6 is 0 Å². The van der Waals surface area contributed by atoms with Gasteiger partial charge < -0.3 is 5.11 Å². The second-order valence-corrected chi connectivity index (χ2v) is 7.56. The van der Waals surface area contributed by atoms with E-state index in [9.17, 15) is 13.5 Å². The van der Waals surface area contributed by atoms with Crippen LogP contribution in [0.25, 0.3) is 10.9 Å². The largest absolute Gasteiger partial charge is 0.382 e. The molecule has 4 aromatic rings. The molecule has 6 nitrogen and oxygen atoms in total. The van der Waals surface area contributed by atoms with Gasteiger partial charge in [0, 0.05) is 24.0 Å². The Balaban J connectivity index is 1.99. The summed E-state index contributed by atoms with van der Waals surface area (Å²) in [6.07, 6.45) is 5.06. The van der Waals surface area contributed by atoms with E-state index in [1.54, 1.807) is 61.1 Å². The minimum Gasteiger partial charge on any atom is -0.382 e. The molecule has 0 radical (unpaired) electrons. The second kappa shape index (κ2) is 6.36. The molecule has 0 saturated carbocycles. The van der Waals surface area contributed by atoms with Gasteiger partial charge in [-0.3, -0.25) is 9.97 Å². The van der Waals surface area contributed by atoms with Crippen molar-refractivity contribution in [2.45, 2.75) is 11.0 Å². The molecule has 3 heterocycles. The third-order valence-corrected chi connectivity index (χ3v) is 5.93. The van der Waals surface area contributed by atoms with Gasteiger partial charge in [0.05, 0.1) is 22.3 Å². The molecule has 0 aliphatic heterocycles. The Kier molecular flexibility index (Phi) is 4.02. The lowest BCUT2D eigenvalue weighted by atomic mass is 10.1. The van der Waals surface area contributed by atoms with Crippen LogP contribution in [0.1, 0.15) is 17.4 Å². The summed E-state index contributed by atoms with van der Waals surface area (Å²) in [4.78, 5) is 8.13. The molecule has 0 unspecified atom stereocenters. The summed E-state index contributed by atoms with van der Waals surface area (Å²) < 4.78 is 27.7. The van der Waals surface area contributed by atoms with Crippen molar-refractivity contribution in [1.82, 2.24) is 13.9 Å². The van der Waals surface area contributed by atoms with Gasteiger partial charge in [-0.2, -0.15) is 0 Å². The lowest BCUT2D eigenvalue weighted by Gasteiger charge is -2.16. The van der Waals surface area contributed by atoms with Crippen LogP contribution in [0, 0.1) is 0 Å². The number of nitrogens with zero attached hydrogens (tertiary/aromatic N) is 3. The van der Waals surface area contributed by atoms with Crippen molar-refractivity contribution in [2.24, 2.45) is 0 Å². The molecular formula is C19H15N3O3S. The molecular weight excluding hydrogens is 350 g/mol. The average Bonchev–Trinajstić information content (AvgIpc) is 3.09. The molecule has 7 heteroatoms. The monoisotopic (exact) mass is 365 g/mol. The summed E-state index contributed by atoms with van der Waals surface area (Å²) in [5.41, 5.74) is 1.22. The van der Waals surface area contributed by atoms with Crippen molar-refractivity contribution in [2.75, 3.05) is 0 Å². The number of fused-ring (bicyclic) bond motifs is 1. The zero-order chi connectivity index (χ0) is 18.1. The van der Waals surface area contributed by atoms with Crippen LogP contribution in [-0.4, -0.2) is 27.5 Å². The number of aliphatic hydroxyl groups is 1. The van der Waals surface area contributed by atoms with E-state index in [2.05, 4.69) is 9.97 Å². The Bertz CT molecular complexity index is 1160. The molecule has 0 bridgehead atoms. The van der Waals surface area contributed by atoms with Crippen molar-refractivity contribution in [3.63, 3.8) is 0 Å². The van der Waals surface area contributed by atoms with E-state index < -0.39 is 16.1 Å². The number of aromatic nitrogens is 3. The van der Waals surface area contributed by atoms with Gasteiger partial charge in [-0.25, -0.2) is 12.4 Å². The first-order valence-corrected chi connectivity index (χ1v) is 9.37. The fourth-order valence-corrected chi connectivity index (χ4v) is 4.47. The van der Waals surface area contributed by atoms with Crippen LogP contribution in [-0.2, 0) is 10.0 Å². The van der Waals surface area contributed by atoms with Gasteiger partial charge in [0.1, 0.15) is 6.10 Å². The fourth-order valence-electron chi connectivity index (χ4n) is 2.92. The number of rotatable bonds is 4. The molecule has 26 heavy (non-hydrogen) atoms. The summed E-state index contributed by atoms with van der Waals surface area (Å²) in [6, 6.07) is 14.8. The predicted octanol–water partition coefficient (Wildman–Crippen LogP) is 2.75. The topological polar surface area (TPSA) is 85.1 Å². The normalized spacial score (nSPS) is 13.0. The molecule has 0 fully saturated rings. The Hall–Kier alpha value is -3.03. The lowest BCUT2D eigenvalue weighted by Crippen LogP contribution is -2.18. The third-order valence-electron chi connectivity index (χ3n) is 4.17. The van der Waals surface area contributed by atoms with E-state index >= 15 is 0 Å². The van der Waals surface area contributed by atoms with Crippen LogP contribution in [0.4, 0.5) is 0 Å². The molecule has 0 aliphatic rings. The van der Waals surface area contributed by atoms with Gasteiger partial charge >= 0.3 is 0 Å². The Morgan fingerprint density at radius 3 is 2.35 bits per heavy atom. The first kappa shape index (κ1) is 16.4. The van der Waals surface area contributed by atoms with Crippen molar-refractivity contribution < 1.29 is 13.5 Å². The zero-order valence-corrected chi connectivity index (χ0v) is 14.4. The van der Waals surface area contributed by atoms with Crippen molar-refractivity contribution >= 4 is 20.9 Å². The Morgan fingerprint density at radius 2 is 1.62 bits per heavy atom. The summed E-state index contributed by atoms with van der Waals surface area (Å²) in [6.45, 7) is 0. The van der Waals surface area contributed by atoms with Gasteiger partial charge in [-0.05, 0) is 42.0 Å². The van der Waals surface area contributed by atoms with E-state index in [4.69, 9.17) is 0 Å². The van der Waals surface area contributed by atoms with Crippen LogP contribution in [0.3, 0.4) is 0 Å². The van der Waals surface area contributed by atoms with Crippen molar-refractivity contribution in [3.8, 4) is 0 Å². The van der Waals surface area contributed by atoms with Gasteiger partial charge in [0.25, 0.3) is 10.0 Å². The maximum absolute atomic E-state index is 13.3. The molecule has 0 aliphatic carbocycles. The van der Waals surface area contributed by atoms with E-state index in [0.717, 1.165) is 3.97 Å². The fraction of sp³-hybridized carbons (Fsp3) is 0.0526. The van der Waals surface area contributed by atoms with Crippen LogP contribution < -0.4 is 0 Å². The zero-order valence-electron chi connectivity index (χ0n) is 13.6. The summed E-state index contributed by atoms with van der Waals surface area (Å²) in [5.74, 6) is 0. The standard InChI is InChI=1S/C19H15N3O3S/c23-19(14-6-9-20-10-7-14)17-12-15-8-11-21-13-18(15)22(17)26(24,25)16-4-2-1-3-5-16/h1-13,19,23H/t19-/m1/s1. The highest BCUT2D eigenvalue weighted by atomic mass is 32.2. The first-order chi connectivity index (χ1) is 12.6. The Morgan fingerprint density at radius 1 is 0.923 bits per heavy atom. The maximum atomic E-state index is 13.3. The number of hydrogen-bond donors (Lipinski definition) is 1. The maximum Gasteiger partial charge on any atom is 0.268 e. The second-order valence-electron chi connectivity index (χ2n) is 5.77. The van der Waals surface area contributed by atoms with Crippen LogP contribution in [0.15, 0.2) is 84.3 Å². The van der Waals surface area contributed by atoms with Gasteiger partial charge in [0.2, 0.25) is 0 Å². The third kappa shape index (κ3) is 2.67. The molecule has 0 saturated heterocycles. The molecule has 1 atom stereocenters. The quantitative estimate of drug-likeness (QED) is 0.601. The van der Waals surface area contributed by atoms with E-state index in [0.29, 0.717) is 16.5 Å². The molecule has 4 rings (SSSR count). The molecule has 0 spiro atoms. The van der Waals surface area contributed by atoms with Crippen LogP contribution in [0.2, 0.25) is 0 Å². The minimum absolute atomic E-state index is 0.143. The highest BCUT2D eigenvalue weighted by molar-refractivity contribution is 7.90. The first-order valence-electron chi connectivity index (χ1n) is 7.93. The van der Waals surface area contributed by atoms with E-state index in [-0.39, 0.29) is 10.6 Å². The van der Waals surface area contributed by atoms with Gasteiger partial charge in [-0.1, -0.05) is 18.2 Å². The highest BCUT2D eigenvalue weighted by Crippen LogP contribution is 2.31. The smallest absolute Gasteiger partial charge is 0.268 e. The molecule has 1 aromatic carbocycles. The Labute approximate surface area is 150 Å². The highest BCUT2D eigenvalue weighted by Gasteiger charge is 2.27. The van der Waals surface area contributed by atoms with Crippen molar-refractivity contribution in [1.29, 1.82) is 0 Å². The number of hydrogen-bond acceptors (Lipinski definition) is 5. The van der Waals surface area contributed by atoms with Crippen molar-refractivity contribution in [3.05, 3.63) is 90.6 Å². The van der Waals surface area contributed by atoms with E-state index in [1.165, 1.54) is 18.3 Å².